The molecule has 0 aliphatic rings. The van der Waals surface area contributed by atoms with Crippen LogP contribution in [0, 0.1) is 5.41 Å². The number of benzene rings is 1. The van der Waals surface area contributed by atoms with E-state index in [0.717, 1.165) is 16.8 Å². The topological polar surface area (TPSA) is 99.3 Å². The molecule has 7 heteroatoms. The summed E-state index contributed by atoms with van der Waals surface area (Å²) >= 11 is 0. The Balaban J connectivity index is 1.69. The zero-order chi connectivity index (χ0) is 15.9. The Morgan fingerprint density at radius 2 is 1.87 bits per heavy atom. The van der Waals surface area contributed by atoms with E-state index in [1.807, 2.05) is 24.3 Å². The number of anilines is 1. The normalized spacial score (nSPS) is 10.6. The molecule has 3 aromatic rings. The summed E-state index contributed by atoms with van der Waals surface area (Å²) in [6, 6.07) is 12.9. The first-order chi connectivity index (χ1) is 11.3. The standard InChI is InChI=1S/C16H13N7/c17-16(15-6-1-2-7-20-15)22-23-21-14-5-3-4-12(8-14)13-9-18-11-19-10-13/h1-11H,(H2,17,21,22). The maximum atomic E-state index is 7.79. The number of aromatic nitrogens is 3. The lowest BCUT2D eigenvalue weighted by molar-refractivity contribution is 1.13. The van der Waals surface area contributed by atoms with Crippen molar-refractivity contribution in [1.82, 2.24) is 15.0 Å². The van der Waals surface area contributed by atoms with Crippen molar-refractivity contribution in [2.24, 2.45) is 10.3 Å². The minimum atomic E-state index is -0.00860. The second-order valence-corrected chi connectivity index (χ2v) is 4.58. The van der Waals surface area contributed by atoms with Crippen LogP contribution in [0.15, 0.2) is 77.7 Å². The molecule has 112 valence electrons. The van der Waals surface area contributed by atoms with Gasteiger partial charge in [0.2, 0.25) is 0 Å². The predicted molar refractivity (Wildman–Crippen MR) is 87.0 cm³/mol. The Kier molecular flexibility index (Phi) is 4.39. The molecule has 0 aliphatic carbocycles. The van der Waals surface area contributed by atoms with Crippen molar-refractivity contribution in [3.8, 4) is 11.1 Å². The summed E-state index contributed by atoms with van der Waals surface area (Å²) in [5, 5.41) is 15.4. The van der Waals surface area contributed by atoms with Gasteiger partial charge in [0.25, 0.3) is 0 Å². The average molecular weight is 303 g/mol. The van der Waals surface area contributed by atoms with Crippen LogP contribution in [-0.4, -0.2) is 20.8 Å². The van der Waals surface area contributed by atoms with E-state index >= 15 is 0 Å². The van der Waals surface area contributed by atoms with Gasteiger partial charge in [-0.05, 0) is 29.8 Å². The molecular formula is C16H13N7. The highest BCUT2D eigenvalue weighted by molar-refractivity contribution is 5.94. The molecule has 2 aromatic heterocycles. The lowest BCUT2D eigenvalue weighted by atomic mass is 10.1. The van der Waals surface area contributed by atoms with Gasteiger partial charge >= 0.3 is 0 Å². The van der Waals surface area contributed by atoms with E-state index in [-0.39, 0.29) is 5.84 Å². The molecule has 0 aliphatic heterocycles. The second-order valence-electron chi connectivity index (χ2n) is 4.58. The van der Waals surface area contributed by atoms with Crippen molar-refractivity contribution in [3.63, 3.8) is 0 Å². The third-order valence-electron chi connectivity index (χ3n) is 2.99. The number of amidine groups is 1. The molecule has 0 spiro atoms. The Morgan fingerprint density at radius 1 is 1.00 bits per heavy atom. The molecule has 0 saturated heterocycles. The number of nitrogens with one attached hydrogen (secondary N) is 2. The number of nitrogens with zero attached hydrogens (tertiary/aromatic N) is 5. The van der Waals surface area contributed by atoms with E-state index in [1.165, 1.54) is 6.33 Å². The molecule has 0 saturated carbocycles. The Bertz CT molecular complexity index is 816. The van der Waals surface area contributed by atoms with Gasteiger partial charge in [-0.3, -0.25) is 15.8 Å². The largest absolute Gasteiger partial charge is 0.279 e. The number of rotatable bonds is 4. The first-order valence-corrected chi connectivity index (χ1v) is 6.85. The predicted octanol–water partition coefficient (Wildman–Crippen LogP) is 3.34. The van der Waals surface area contributed by atoms with Gasteiger partial charge < -0.3 is 0 Å². The molecule has 0 bridgehead atoms. The summed E-state index contributed by atoms with van der Waals surface area (Å²) in [6.07, 6.45) is 6.58. The third kappa shape index (κ3) is 3.79. The molecule has 3 rings (SSSR count). The van der Waals surface area contributed by atoms with Crippen molar-refractivity contribution in [1.29, 1.82) is 5.41 Å². The summed E-state index contributed by atoms with van der Waals surface area (Å²) in [5.74, 6) is -0.00860. The minimum Gasteiger partial charge on any atom is -0.279 e. The lowest BCUT2D eigenvalue weighted by Crippen LogP contribution is -1.98. The van der Waals surface area contributed by atoms with E-state index in [2.05, 4.69) is 30.7 Å². The van der Waals surface area contributed by atoms with Crippen LogP contribution in [0.3, 0.4) is 0 Å². The Hall–Kier alpha value is -3.48. The van der Waals surface area contributed by atoms with Crippen LogP contribution in [-0.2, 0) is 0 Å². The van der Waals surface area contributed by atoms with Gasteiger partial charge in [-0.25, -0.2) is 9.97 Å². The van der Waals surface area contributed by atoms with Gasteiger partial charge in [0.05, 0.1) is 5.69 Å². The monoisotopic (exact) mass is 303 g/mol. The first-order valence-electron chi connectivity index (χ1n) is 6.85. The van der Waals surface area contributed by atoms with E-state index in [0.29, 0.717) is 5.69 Å². The van der Waals surface area contributed by atoms with Crippen LogP contribution >= 0.6 is 0 Å². The fraction of sp³-hybridized carbons (Fsp3) is 0. The van der Waals surface area contributed by atoms with Crippen LogP contribution in [0.1, 0.15) is 5.69 Å². The molecule has 1 aromatic carbocycles. The van der Waals surface area contributed by atoms with E-state index < -0.39 is 0 Å². The molecule has 2 heterocycles. The number of pyridine rings is 1. The van der Waals surface area contributed by atoms with Gasteiger partial charge in [0, 0.05) is 24.2 Å². The summed E-state index contributed by atoms with van der Waals surface area (Å²) in [6.45, 7) is 0. The van der Waals surface area contributed by atoms with Crippen molar-refractivity contribution in [2.75, 3.05) is 5.43 Å². The molecule has 23 heavy (non-hydrogen) atoms. The smallest absolute Gasteiger partial charge is 0.194 e. The van der Waals surface area contributed by atoms with Gasteiger partial charge in [-0.1, -0.05) is 23.4 Å². The number of hydrogen-bond acceptors (Lipinski definition) is 5. The van der Waals surface area contributed by atoms with Gasteiger partial charge in [0.15, 0.2) is 5.84 Å². The molecular weight excluding hydrogens is 290 g/mol. The summed E-state index contributed by atoms with van der Waals surface area (Å²) in [5.41, 5.74) is 5.90. The molecule has 0 amide bonds. The molecule has 7 nitrogen and oxygen atoms in total. The Morgan fingerprint density at radius 3 is 2.65 bits per heavy atom. The van der Waals surface area contributed by atoms with E-state index in [1.54, 1.807) is 36.8 Å². The van der Waals surface area contributed by atoms with Crippen molar-refractivity contribution >= 4 is 11.5 Å². The highest BCUT2D eigenvalue weighted by Gasteiger charge is 2.01. The van der Waals surface area contributed by atoms with Gasteiger partial charge in [-0.2, -0.15) is 0 Å². The van der Waals surface area contributed by atoms with E-state index in [9.17, 15) is 0 Å². The maximum absolute atomic E-state index is 7.79. The van der Waals surface area contributed by atoms with Crippen molar-refractivity contribution < 1.29 is 0 Å². The van der Waals surface area contributed by atoms with Crippen LogP contribution in [0.5, 0.6) is 0 Å². The fourth-order valence-electron chi connectivity index (χ4n) is 1.90. The summed E-state index contributed by atoms with van der Waals surface area (Å²) in [4.78, 5) is 12.0. The van der Waals surface area contributed by atoms with Crippen molar-refractivity contribution in [2.45, 2.75) is 0 Å². The highest BCUT2D eigenvalue weighted by atomic mass is 15.4. The fourth-order valence-corrected chi connectivity index (χ4v) is 1.90. The highest BCUT2D eigenvalue weighted by Crippen LogP contribution is 2.21. The first kappa shape index (κ1) is 14.5. The zero-order valence-corrected chi connectivity index (χ0v) is 12.1. The number of hydrogen-bond donors (Lipinski definition) is 2. The van der Waals surface area contributed by atoms with Gasteiger partial charge in [-0.15, -0.1) is 5.11 Å². The van der Waals surface area contributed by atoms with E-state index in [4.69, 9.17) is 5.41 Å². The molecule has 0 radical (unpaired) electrons. The SMILES string of the molecule is N=C(/N=N\Nc1cccc(-c2cncnc2)c1)c1ccccn1. The minimum absolute atomic E-state index is 0.00860. The molecule has 2 N–H and O–H groups in total. The molecule has 0 fully saturated rings. The summed E-state index contributed by atoms with van der Waals surface area (Å²) in [7, 11) is 0. The second kappa shape index (κ2) is 6.99. The zero-order valence-electron chi connectivity index (χ0n) is 12.1. The Labute approximate surface area is 132 Å². The van der Waals surface area contributed by atoms with Crippen LogP contribution < -0.4 is 5.43 Å². The third-order valence-corrected chi connectivity index (χ3v) is 2.99. The van der Waals surface area contributed by atoms with Crippen LogP contribution in [0.25, 0.3) is 11.1 Å². The van der Waals surface area contributed by atoms with Crippen LogP contribution in [0.2, 0.25) is 0 Å². The lowest BCUT2D eigenvalue weighted by Gasteiger charge is -2.03. The summed E-state index contributed by atoms with van der Waals surface area (Å²) < 4.78 is 0. The maximum Gasteiger partial charge on any atom is 0.194 e. The quantitative estimate of drug-likeness (QED) is 0.334. The average Bonchev–Trinajstić information content (AvgIpc) is 2.63. The molecule has 0 unspecified atom stereocenters. The van der Waals surface area contributed by atoms with Crippen LogP contribution in [0.4, 0.5) is 5.69 Å². The van der Waals surface area contributed by atoms with Gasteiger partial charge in [0.1, 0.15) is 12.0 Å². The van der Waals surface area contributed by atoms with Crippen molar-refractivity contribution in [3.05, 3.63) is 73.1 Å². The molecule has 0 atom stereocenters.